The molecule has 0 bridgehead atoms. The van der Waals surface area contributed by atoms with Crippen LogP contribution in [0.15, 0.2) is 0 Å². The summed E-state index contributed by atoms with van der Waals surface area (Å²) < 4.78 is 0. The van der Waals surface area contributed by atoms with Crippen molar-refractivity contribution in [1.82, 2.24) is 0 Å². The van der Waals surface area contributed by atoms with Gasteiger partial charge >= 0.3 is 0 Å². The number of hydrogen-bond acceptors (Lipinski definition) is 2. The maximum atomic E-state index is 6.17. The van der Waals surface area contributed by atoms with E-state index in [1.165, 1.54) is 0 Å². The van der Waals surface area contributed by atoms with Crippen molar-refractivity contribution in [1.29, 1.82) is 0 Å². The maximum absolute atomic E-state index is 6.17. The van der Waals surface area contributed by atoms with Crippen molar-refractivity contribution < 1.29 is 0 Å². The van der Waals surface area contributed by atoms with Gasteiger partial charge in [-0.25, -0.2) is 0 Å². The standard InChI is InChI=1S/C11H17ClN2/c1-4-7-9(12)6(3)10(13)8(5-2)11(7)14/h4-5,13-14H2,1-3H3. The molecule has 0 aliphatic rings. The van der Waals surface area contributed by atoms with E-state index in [4.69, 9.17) is 23.1 Å². The number of nitrogens with two attached hydrogens (primary N) is 2. The molecule has 0 radical (unpaired) electrons. The Morgan fingerprint density at radius 3 is 1.93 bits per heavy atom. The first-order chi connectivity index (χ1) is 6.54. The zero-order valence-electron chi connectivity index (χ0n) is 8.95. The second-order valence-electron chi connectivity index (χ2n) is 3.43. The van der Waals surface area contributed by atoms with E-state index in [1.807, 2.05) is 13.8 Å². The van der Waals surface area contributed by atoms with Crippen LogP contribution in [-0.2, 0) is 12.8 Å². The molecule has 4 N–H and O–H groups in total. The van der Waals surface area contributed by atoms with Gasteiger partial charge in [0.2, 0.25) is 0 Å². The van der Waals surface area contributed by atoms with Crippen LogP contribution in [0.3, 0.4) is 0 Å². The van der Waals surface area contributed by atoms with Crippen LogP contribution in [0.25, 0.3) is 0 Å². The molecular formula is C11H17ClN2. The minimum atomic E-state index is 0.722. The normalized spacial score (nSPS) is 10.6. The average molecular weight is 213 g/mol. The molecule has 0 amide bonds. The third kappa shape index (κ3) is 1.55. The lowest BCUT2D eigenvalue weighted by atomic mass is 9.97. The minimum absolute atomic E-state index is 0.722. The third-order valence-corrected chi connectivity index (χ3v) is 3.19. The molecule has 0 aliphatic heterocycles. The molecule has 0 spiro atoms. The van der Waals surface area contributed by atoms with Crippen molar-refractivity contribution in [2.24, 2.45) is 0 Å². The van der Waals surface area contributed by atoms with E-state index in [1.54, 1.807) is 0 Å². The van der Waals surface area contributed by atoms with Gasteiger partial charge in [0, 0.05) is 11.4 Å². The molecule has 0 aromatic heterocycles. The lowest BCUT2D eigenvalue weighted by Gasteiger charge is -2.16. The summed E-state index contributed by atoms with van der Waals surface area (Å²) in [5, 5.41) is 0.722. The second-order valence-corrected chi connectivity index (χ2v) is 3.81. The highest BCUT2D eigenvalue weighted by molar-refractivity contribution is 6.33. The fourth-order valence-electron chi connectivity index (χ4n) is 1.74. The predicted octanol–water partition coefficient (Wildman–Crippen LogP) is 2.94. The zero-order chi connectivity index (χ0) is 10.9. The molecule has 2 nitrogen and oxygen atoms in total. The highest BCUT2D eigenvalue weighted by atomic mass is 35.5. The lowest BCUT2D eigenvalue weighted by molar-refractivity contribution is 1.09. The molecule has 1 aromatic rings. The van der Waals surface area contributed by atoms with Crippen LogP contribution in [0.2, 0.25) is 5.02 Å². The molecule has 0 unspecified atom stereocenters. The summed E-state index contributed by atoms with van der Waals surface area (Å²) in [6, 6.07) is 0. The van der Waals surface area contributed by atoms with Gasteiger partial charge in [-0.3, -0.25) is 0 Å². The van der Waals surface area contributed by atoms with Crippen LogP contribution in [0, 0.1) is 6.92 Å². The lowest BCUT2D eigenvalue weighted by Crippen LogP contribution is -2.06. The maximum Gasteiger partial charge on any atom is 0.0508 e. The van der Waals surface area contributed by atoms with Crippen LogP contribution in [-0.4, -0.2) is 0 Å². The Hall–Kier alpha value is -0.890. The monoisotopic (exact) mass is 212 g/mol. The van der Waals surface area contributed by atoms with E-state index < -0.39 is 0 Å². The fraction of sp³-hybridized carbons (Fsp3) is 0.455. The zero-order valence-corrected chi connectivity index (χ0v) is 9.70. The first kappa shape index (κ1) is 11.2. The molecule has 0 atom stereocenters. The summed E-state index contributed by atoms with van der Waals surface area (Å²) >= 11 is 6.17. The first-order valence-corrected chi connectivity index (χ1v) is 5.27. The highest BCUT2D eigenvalue weighted by Gasteiger charge is 2.14. The molecule has 0 saturated heterocycles. The summed E-state index contributed by atoms with van der Waals surface area (Å²) in [6.45, 7) is 6.04. The molecule has 78 valence electrons. The number of halogens is 1. The Kier molecular flexibility index (Phi) is 3.27. The topological polar surface area (TPSA) is 52.0 Å². The van der Waals surface area contributed by atoms with Crippen molar-refractivity contribution >= 4 is 23.0 Å². The smallest absolute Gasteiger partial charge is 0.0508 e. The number of hydrogen-bond donors (Lipinski definition) is 2. The largest absolute Gasteiger partial charge is 0.398 e. The van der Waals surface area contributed by atoms with E-state index in [0.717, 1.165) is 45.9 Å². The molecule has 0 aliphatic carbocycles. The molecule has 14 heavy (non-hydrogen) atoms. The van der Waals surface area contributed by atoms with Crippen LogP contribution in [0.1, 0.15) is 30.5 Å². The van der Waals surface area contributed by atoms with Gasteiger partial charge in [-0.2, -0.15) is 0 Å². The van der Waals surface area contributed by atoms with Crippen LogP contribution >= 0.6 is 11.6 Å². The van der Waals surface area contributed by atoms with Crippen LogP contribution in [0.5, 0.6) is 0 Å². The number of benzene rings is 1. The number of nitrogen functional groups attached to an aromatic ring is 2. The van der Waals surface area contributed by atoms with Crippen LogP contribution < -0.4 is 11.5 Å². The second kappa shape index (κ2) is 4.09. The predicted molar refractivity (Wildman–Crippen MR) is 63.8 cm³/mol. The summed E-state index contributed by atoms with van der Waals surface area (Å²) in [4.78, 5) is 0. The molecule has 3 heteroatoms. The van der Waals surface area contributed by atoms with Crippen LogP contribution in [0.4, 0.5) is 11.4 Å². The van der Waals surface area contributed by atoms with Gasteiger partial charge in [0.05, 0.1) is 5.02 Å². The molecule has 0 saturated carbocycles. The van der Waals surface area contributed by atoms with Gasteiger partial charge in [0.25, 0.3) is 0 Å². The highest BCUT2D eigenvalue weighted by Crippen LogP contribution is 2.35. The number of rotatable bonds is 2. The van der Waals surface area contributed by atoms with E-state index in [9.17, 15) is 0 Å². The molecule has 0 heterocycles. The number of anilines is 2. The van der Waals surface area contributed by atoms with E-state index >= 15 is 0 Å². The van der Waals surface area contributed by atoms with Crippen molar-refractivity contribution in [2.45, 2.75) is 33.6 Å². The Morgan fingerprint density at radius 1 is 1.00 bits per heavy atom. The minimum Gasteiger partial charge on any atom is -0.398 e. The molecule has 1 aromatic carbocycles. The Balaban J connectivity index is 3.56. The van der Waals surface area contributed by atoms with Gasteiger partial charge in [0.15, 0.2) is 0 Å². The van der Waals surface area contributed by atoms with Gasteiger partial charge < -0.3 is 11.5 Å². The van der Waals surface area contributed by atoms with E-state index in [-0.39, 0.29) is 0 Å². The van der Waals surface area contributed by atoms with Gasteiger partial charge in [0.1, 0.15) is 0 Å². The summed E-state index contributed by atoms with van der Waals surface area (Å²) in [5.74, 6) is 0. The Bertz CT molecular complexity index is 328. The van der Waals surface area contributed by atoms with Gasteiger partial charge in [-0.1, -0.05) is 25.4 Å². The van der Waals surface area contributed by atoms with Crippen molar-refractivity contribution in [3.8, 4) is 0 Å². The van der Waals surface area contributed by atoms with Crippen molar-refractivity contribution in [3.63, 3.8) is 0 Å². The molecule has 1 rings (SSSR count). The Labute approximate surface area is 90.2 Å². The van der Waals surface area contributed by atoms with E-state index in [0.29, 0.717) is 0 Å². The molecule has 0 fully saturated rings. The summed E-state index contributed by atoms with van der Waals surface area (Å²) in [7, 11) is 0. The molecular weight excluding hydrogens is 196 g/mol. The fourth-order valence-corrected chi connectivity index (χ4v) is 2.08. The third-order valence-electron chi connectivity index (χ3n) is 2.68. The van der Waals surface area contributed by atoms with Crippen molar-refractivity contribution in [3.05, 3.63) is 21.7 Å². The first-order valence-electron chi connectivity index (χ1n) is 4.89. The quantitative estimate of drug-likeness (QED) is 0.741. The van der Waals surface area contributed by atoms with Gasteiger partial charge in [-0.05, 0) is 36.5 Å². The van der Waals surface area contributed by atoms with Crippen molar-refractivity contribution in [2.75, 3.05) is 11.5 Å². The van der Waals surface area contributed by atoms with Gasteiger partial charge in [-0.15, -0.1) is 0 Å². The SMILES string of the molecule is CCc1c(N)c(C)c(Cl)c(CC)c1N. The van der Waals surface area contributed by atoms with E-state index in [2.05, 4.69) is 6.92 Å². The summed E-state index contributed by atoms with van der Waals surface area (Å²) in [6.07, 6.45) is 1.70. The Morgan fingerprint density at radius 2 is 1.50 bits per heavy atom. The summed E-state index contributed by atoms with van der Waals surface area (Å²) in [5.41, 5.74) is 16.5. The average Bonchev–Trinajstić information content (AvgIpc) is 2.16.